The molecule has 4 nitrogen and oxygen atoms in total. The first-order valence-electron chi connectivity index (χ1n) is 8.27. The van der Waals surface area contributed by atoms with Gasteiger partial charge in [0.25, 0.3) is 0 Å². The maximum absolute atomic E-state index is 12.6. The number of ether oxygens (including phenoxy) is 1. The van der Waals surface area contributed by atoms with Crippen LogP contribution in [0, 0.1) is 12.8 Å². The number of benzene rings is 1. The fourth-order valence-corrected chi connectivity index (χ4v) is 3.34. The predicted molar refractivity (Wildman–Crippen MR) is 99.3 cm³/mol. The van der Waals surface area contributed by atoms with Gasteiger partial charge in [-0.1, -0.05) is 37.6 Å². The van der Waals surface area contributed by atoms with Gasteiger partial charge in [-0.15, -0.1) is 11.3 Å². The molecule has 0 aliphatic heterocycles. The second-order valence-corrected chi connectivity index (χ2v) is 7.27. The standard InChI is InChI=1S/C19H26N2O2S/c1-14(2)12-21(8-9-23-4)18(22)11-17-13-24-19(20-17)16-7-5-6-15(3)10-16/h5-7,10,13-14H,8-9,11-12H2,1-4H3. The van der Waals surface area contributed by atoms with Crippen LogP contribution in [0.3, 0.4) is 0 Å². The lowest BCUT2D eigenvalue weighted by atomic mass is 10.1. The Morgan fingerprint density at radius 3 is 2.83 bits per heavy atom. The second-order valence-electron chi connectivity index (χ2n) is 6.42. The summed E-state index contributed by atoms with van der Waals surface area (Å²) in [4.78, 5) is 19.1. The zero-order valence-corrected chi connectivity index (χ0v) is 15.7. The van der Waals surface area contributed by atoms with Gasteiger partial charge in [-0.3, -0.25) is 4.79 Å². The van der Waals surface area contributed by atoms with Gasteiger partial charge in [-0.25, -0.2) is 4.98 Å². The van der Waals surface area contributed by atoms with Crippen LogP contribution < -0.4 is 0 Å². The van der Waals surface area contributed by atoms with Crippen molar-refractivity contribution in [1.29, 1.82) is 0 Å². The highest BCUT2D eigenvalue weighted by Gasteiger charge is 2.17. The minimum atomic E-state index is 0.113. The summed E-state index contributed by atoms with van der Waals surface area (Å²) < 4.78 is 5.12. The largest absolute Gasteiger partial charge is 0.383 e. The van der Waals surface area contributed by atoms with E-state index in [1.807, 2.05) is 16.3 Å². The van der Waals surface area contributed by atoms with Crippen LogP contribution in [-0.4, -0.2) is 42.6 Å². The number of methoxy groups -OCH3 is 1. The molecular weight excluding hydrogens is 320 g/mol. The highest BCUT2D eigenvalue weighted by atomic mass is 32.1. The normalized spacial score (nSPS) is 11.0. The van der Waals surface area contributed by atoms with E-state index in [4.69, 9.17) is 4.74 Å². The maximum atomic E-state index is 12.6. The van der Waals surface area contributed by atoms with E-state index in [1.54, 1.807) is 18.4 Å². The van der Waals surface area contributed by atoms with E-state index in [9.17, 15) is 4.79 Å². The quantitative estimate of drug-likeness (QED) is 0.730. The average molecular weight is 346 g/mol. The summed E-state index contributed by atoms with van der Waals surface area (Å²) in [5.41, 5.74) is 3.16. The lowest BCUT2D eigenvalue weighted by Crippen LogP contribution is -2.37. The molecule has 1 amide bonds. The number of nitrogens with zero attached hydrogens (tertiary/aromatic N) is 2. The Morgan fingerprint density at radius 2 is 2.17 bits per heavy atom. The fourth-order valence-electron chi connectivity index (χ4n) is 2.53. The van der Waals surface area contributed by atoms with E-state index in [1.165, 1.54) is 5.56 Å². The predicted octanol–water partition coefficient (Wildman–Crippen LogP) is 3.79. The van der Waals surface area contributed by atoms with Crippen molar-refractivity contribution in [2.75, 3.05) is 26.8 Å². The lowest BCUT2D eigenvalue weighted by molar-refractivity contribution is -0.131. The Morgan fingerprint density at radius 1 is 1.38 bits per heavy atom. The number of aryl methyl sites for hydroxylation is 1. The highest BCUT2D eigenvalue weighted by Crippen LogP contribution is 2.24. The zero-order chi connectivity index (χ0) is 17.5. The first-order chi connectivity index (χ1) is 11.5. The lowest BCUT2D eigenvalue weighted by Gasteiger charge is -2.24. The summed E-state index contributed by atoms with van der Waals surface area (Å²) in [7, 11) is 1.66. The van der Waals surface area contributed by atoms with E-state index in [0.29, 0.717) is 25.5 Å². The van der Waals surface area contributed by atoms with Crippen molar-refractivity contribution in [3.8, 4) is 10.6 Å². The van der Waals surface area contributed by atoms with Gasteiger partial charge in [0.05, 0.1) is 18.7 Å². The summed E-state index contributed by atoms with van der Waals surface area (Å²) in [6.45, 7) is 8.24. The van der Waals surface area contributed by atoms with Crippen LogP contribution in [0.15, 0.2) is 29.6 Å². The van der Waals surface area contributed by atoms with Gasteiger partial charge in [-0.05, 0) is 18.9 Å². The zero-order valence-electron chi connectivity index (χ0n) is 14.9. The summed E-state index contributed by atoms with van der Waals surface area (Å²) in [5.74, 6) is 0.547. The second kappa shape index (κ2) is 8.94. The topological polar surface area (TPSA) is 42.4 Å². The van der Waals surface area contributed by atoms with Gasteiger partial charge in [0.15, 0.2) is 0 Å². The minimum Gasteiger partial charge on any atom is -0.383 e. The molecule has 0 N–H and O–H groups in total. The molecule has 1 aromatic heterocycles. The first-order valence-corrected chi connectivity index (χ1v) is 9.15. The smallest absolute Gasteiger partial charge is 0.228 e. The van der Waals surface area contributed by atoms with Gasteiger partial charge in [0.2, 0.25) is 5.91 Å². The number of thiazole rings is 1. The molecule has 5 heteroatoms. The third kappa shape index (κ3) is 5.42. The van der Waals surface area contributed by atoms with E-state index in [-0.39, 0.29) is 5.91 Å². The maximum Gasteiger partial charge on any atom is 0.228 e. The Hall–Kier alpha value is -1.72. The van der Waals surface area contributed by atoms with E-state index >= 15 is 0 Å². The molecule has 2 aromatic rings. The minimum absolute atomic E-state index is 0.113. The molecule has 0 aliphatic rings. The van der Waals surface area contributed by atoms with Crippen LogP contribution in [-0.2, 0) is 16.0 Å². The summed E-state index contributed by atoms with van der Waals surface area (Å²) in [5, 5.41) is 2.95. The summed E-state index contributed by atoms with van der Waals surface area (Å²) in [6, 6.07) is 8.28. The van der Waals surface area contributed by atoms with Crippen molar-refractivity contribution < 1.29 is 9.53 Å². The Labute approximate surface area is 148 Å². The van der Waals surface area contributed by atoms with Crippen molar-refractivity contribution in [2.24, 2.45) is 5.92 Å². The van der Waals surface area contributed by atoms with Crippen molar-refractivity contribution in [3.63, 3.8) is 0 Å². The summed E-state index contributed by atoms with van der Waals surface area (Å²) in [6.07, 6.45) is 0.346. The fraction of sp³-hybridized carbons (Fsp3) is 0.474. The summed E-state index contributed by atoms with van der Waals surface area (Å²) >= 11 is 1.59. The average Bonchev–Trinajstić information content (AvgIpc) is 2.99. The molecule has 1 aromatic carbocycles. The molecule has 2 rings (SSSR count). The Kier molecular flexibility index (Phi) is 6.94. The van der Waals surface area contributed by atoms with Crippen LogP contribution in [0.4, 0.5) is 0 Å². The Bertz CT molecular complexity index is 667. The molecule has 0 saturated heterocycles. The molecule has 0 aliphatic carbocycles. The molecule has 0 saturated carbocycles. The van der Waals surface area contributed by atoms with Crippen molar-refractivity contribution in [1.82, 2.24) is 9.88 Å². The van der Waals surface area contributed by atoms with Crippen molar-refractivity contribution in [3.05, 3.63) is 40.9 Å². The number of aromatic nitrogens is 1. The molecule has 0 atom stereocenters. The van der Waals surface area contributed by atoms with Crippen LogP contribution >= 0.6 is 11.3 Å². The number of hydrogen-bond donors (Lipinski definition) is 0. The number of hydrogen-bond acceptors (Lipinski definition) is 4. The van der Waals surface area contributed by atoms with E-state index in [2.05, 4.69) is 44.0 Å². The van der Waals surface area contributed by atoms with Gasteiger partial charge in [-0.2, -0.15) is 0 Å². The molecule has 1 heterocycles. The molecule has 0 fully saturated rings. The van der Waals surface area contributed by atoms with Gasteiger partial charge >= 0.3 is 0 Å². The molecule has 24 heavy (non-hydrogen) atoms. The number of carbonyl (C=O) groups excluding carboxylic acids is 1. The first kappa shape index (κ1) is 18.6. The van der Waals surface area contributed by atoms with Crippen molar-refractivity contribution in [2.45, 2.75) is 27.2 Å². The van der Waals surface area contributed by atoms with E-state index < -0.39 is 0 Å². The Balaban J connectivity index is 2.05. The van der Waals surface area contributed by atoms with E-state index in [0.717, 1.165) is 22.8 Å². The molecule has 0 bridgehead atoms. The monoisotopic (exact) mass is 346 g/mol. The molecule has 0 unspecified atom stereocenters. The van der Waals surface area contributed by atoms with Crippen LogP contribution in [0.2, 0.25) is 0 Å². The van der Waals surface area contributed by atoms with Gasteiger partial charge in [0.1, 0.15) is 5.01 Å². The number of rotatable bonds is 8. The number of amides is 1. The number of carbonyl (C=O) groups is 1. The molecule has 0 spiro atoms. The molecule has 130 valence electrons. The van der Waals surface area contributed by atoms with Crippen LogP contribution in [0.1, 0.15) is 25.1 Å². The van der Waals surface area contributed by atoms with Gasteiger partial charge in [0, 0.05) is 31.1 Å². The SMILES string of the molecule is COCCN(CC(C)C)C(=O)Cc1csc(-c2cccc(C)c2)n1. The van der Waals surface area contributed by atoms with Crippen LogP contribution in [0.5, 0.6) is 0 Å². The third-order valence-corrected chi connectivity index (χ3v) is 4.59. The molecule has 0 radical (unpaired) electrons. The molecular formula is C19H26N2O2S. The van der Waals surface area contributed by atoms with Crippen molar-refractivity contribution >= 4 is 17.2 Å². The van der Waals surface area contributed by atoms with Gasteiger partial charge < -0.3 is 9.64 Å². The highest BCUT2D eigenvalue weighted by molar-refractivity contribution is 7.13. The third-order valence-electron chi connectivity index (χ3n) is 3.65. The van der Waals surface area contributed by atoms with Crippen LogP contribution in [0.25, 0.3) is 10.6 Å².